The SMILES string of the molecule is CCC[C@@H]1[C@H](C)OCC[C@@H]1C. The molecule has 0 aromatic carbocycles. The van der Waals surface area contributed by atoms with Gasteiger partial charge in [0.05, 0.1) is 6.10 Å². The Balaban J connectivity index is 2.41. The van der Waals surface area contributed by atoms with E-state index in [4.69, 9.17) is 4.74 Å². The van der Waals surface area contributed by atoms with Gasteiger partial charge in [-0.2, -0.15) is 0 Å². The molecular formula is C10H20O. The van der Waals surface area contributed by atoms with Crippen LogP contribution in [-0.2, 0) is 4.74 Å². The molecule has 3 atom stereocenters. The third kappa shape index (κ3) is 2.19. The van der Waals surface area contributed by atoms with Crippen molar-refractivity contribution in [2.24, 2.45) is 11.8 Å². The lowest BCUT2D eigenvalue weighted by molar-refractivity contribution is -0.0445. The summed E-state index contributed by atoms with van der Waals surface area (Å²) in [5.41, 5.74) is 0. The number of ether oxygens (including phenoxy) is 1. The Bertz CT molecular complexity index is 101. The molecule has 0 aromatic heterocycles. The zero-order chi connectivity index (χ0) is 8.27. The first kappa shape index (κ1) is 9.05. The molecule has 1 aliphatic rings. The van der Waals surface area contributed by atoms with Crippen molar-refractivity contribution in [2.45, 2.75) is 46.1 Å². The van der Waals surface area contributed by atoms with E-state index < -0.39 is 0 Å². The van der Waals surface area contributed by atoms with E-state index in [-0.39, 0.29) is 0 Å². The van der Waals surface area contributed by atoms with E-state index in [1.165, 1.54) is 19.3 Å². The molecule has 66 valence electrons. The lowest BCUT2D eigenvalue weighted by Gasteiger charge is -2.34. The number of hydrogen-bond acceptors (Lipinski definition) is 1. The molecule has 0 radical (unpaired) electrons. The van der Waals surface area contributed by atoms with Crippen LogP contribution in [0.3, 0.4) is 0 Å². The highest BCUT2D eigenvalue weighted by Crippen LogP contribution is 2.29. The predicted octanol–water partition coefficient (Wildman–Crippen LogP) is 2.85. The Morgan fingerprint density at radius 3 is 2.64 bits per heavy atom. The fourth-order valence-corrected chi connectivity index (χ4v) is 2.09. The van der Waals surface area contributed by atoms with Crippen LogP contribution in [0.2, 0.25) is 0 Å². The van der Waals surface area contributed by atoms with Crippen molar-refractivity contribution in [1.29, 1.82) is 0 Å². The Labute approximate surface area is 70.1 Å². The van der Waals surface area contributed by atoms with Gasteiger partial charge in [-0.1, -0.05) is 20.3 Å². The van der Waals surface area contributed by atoms with Gasteiger partial charge in [-0.25, -0.2) is 0 Å². The van der Waals surface area contributed by atoms with Gasteiger partial charge in [-0.3, -0.25) is 0 Å². The summed E-state index contributed by atoms with van der Waals surface area (Å²) in [4.78, 5) is 0. The van der Waals surface area contributed by atoms with Crippen LogP contribution in [-0.4, -0.2) is 12.7 Å². The molecule has 1 fully saturated rings. The second-order valence-electron chi connectivity index (χ2n) is 3.79. The molecule has 0 spiro atoms. The first-order valence-corrected chi connectivity index (χ1v) is 4.87. The van der Waals surface area contributed by atoms with E-state index in [0.29, 0.717) is 6.10 Å². The summed E-state index contributed by atoms with van der Waals surface area (Å²) in [6.45, 7) is 7.81. The van der Waals surface area contributed by atoms with Crippen molar-refractivity contribution in [2.75, 3.05) is 6.61 Å². The van der Waals surface area contributed by atoms with Gasteiger partial charge in [0.15, 0.2) is 0 Å². The minimum Gasteiger partial charge on any atom is -0.378 e. The number of rotatable bonds is 2. The standard InChI is InChI=1S/C10H20O/c1-4-5-10-8(2)6-7-11-9(10)3/h8-10H,4-7H2,1-3H3/t8-,9-,10-/m0/s1. The molecule has 1 aliphatic heterocycles. The topological polar surface area (TPSA) is 9.23 Å². The fraction of sp³-hybridized carbons (Fsp3) is 1.00. The molecule has 1 heteroatoms. The average Bonchev–Trinajstić information content (AvgIpc) is 1.97. The lowest BCUT2D eigenvalue weighted by atomic mass is 9.82. The van der Waals surface area contributed by atoms with Crippen molar-refractivity contribution in [3.8, 4) is 0 Å². The average molecular weight is 156 g/mol. The molecule has 1 saturated heterocycles. The summed E-state index contributed by atoms with van der Waals surface area (Å²) < 4.78 is 5.61. The third-order valence-corrected chi connectivity index (χ3v) is 2.91. The Morgan fingerprint density at radius 2 is 2.09 bits per heavy atom. The van der Waals surface area contributed by atoms with Crippen LogP contribution in [0, 0.1) is 11.8 Å². The number of hydrogen-bond donors (Lipinski definition) is 0. The van der Waals surface area contributed by atoms with Gasteiger partial charge in [0.2, 0.25) is 0 Å². The summed E-state index contributed by atoms with van der Waals surface area (Å²) in [6, 6.07) is 0. The Morgan fingerprint density at radius 1 is 1.36 bits per heavy atom. The smallest absolute Gasteiger partial charge is 0.0577 e. The second-order valence-corrected chi connectivity index (χ2v) is 3.79. The first-order chi connectivity index (χ1) is 5.25. The monoisotopic (exact) mass is 156 g/mol. The quantitative estimate of drug-likeness (QED) is 0.597. The Hall–Kier alpha value is -0.0400. The van der Waals surface area contributed by atoms with Gasteiger partial charge >= 0.3 is 0 Å². The maximum absolute atomic E-state index is 5.61. The highest BCUT2D eigenvalue weighted by molar-refractivity contribution is 4.75. The van der Waals surface area contributed by atoms with Gasteiger partial charge in [-0.05, 0) is 31.6 Å². The molecule has 0 unspecified atom stereocenters. The van der Waals surface area contributed by atoms with E-state index in [0.717, 1.165) is 18.4 Å². The largest absolute Gasteiger partial charge is 0.378 e. The van der Waals surface area contributed by atoms with Gasteiger partial charge in [0.1, 0.15) is 0 Å². The van der Waals surface area contributed by atoms with Crippen LogP contribution >= 0.6 is 0 Å². The summed E-state index contributed by atoms with van der Waals surface area (Å²) in [5.74, 6) is 1.69. The van der Waals surface area contributed by atoms with E-state index in [2.05, 4.69) is 20.8 Å². The van der Waals surface area contributed by atoms with E-state index in [9.17, 15) is 0 Å². The minimum atomic E-state index is 0.499. The molecule has 0 N–H and O–H groups in total. The normalized spacial score (nSPS) is 39.0. The van der Waals surface area contributed by atoms with Crippen molar-refractivity contribution in [3.05, 3.63) is 0 Å². The van der Waals surface area contributed by atoms with Crippen LogP contribution in [0.5, 0.6) is 0 Å². The van der Waals surface area contributed by atoms with Crippen LogP contribution in [0.25, 0.3) is 0 Å². The second kappa shape index (κ2) is 4.10. The van der Waals surface area contributed by atoms with Crippen molar-refractivity contribution in [3.63, 3.8) is 0 Å². The summed E-state index contributed by atoms with van der Waals surface area (Å²) in [7, 11) is 0. The molecule has 11 heavy (non-hydrogen) atoms. The van der Waals surface area contributed by atoms with Gasteiger partial charge in [0.25, 0.3) is 0 Å². The van der Waals surface area contributed by atoms with Gasteiger partial charge < -0.3 is 4.74 Å². The van der Waals surface area contributed by atoms with Crippen LogP contribution in [0.15, 0.2) is 0 Å². The van der Waals surface area contributed by atoms with Crippen LogP contribution in [0.1, 0.15) is 40.0 Å². The summed E-state index contributed by atoms with van der Waals surface area (Å²) >= 11 is 0. The fourth-order valence-electron chi connectivity index (χ4n) is 2.09. The maximum atomic E-state index is 5.61. The van der Waals surface area contributed by atoms with Gasteiger partial charge in [-0.15, -0.1) is 0 Å². The first-order valence-electron chi connectivity index (χ1n) is 4.87. The van der Waals surface area contributed by atoms with Crippen molar-refractivity contribution >= 4 is 0 Å². The van der Waals surface area contributed by atoms with Crippen LogP contribution < -0.4 is 0 Å². The predicted molar refractivity (Wildman–Crippen MR) is 47.6 cm³/mol. The van der Waals surface area contributed by atoms with Crippen molar-refractivity contribution in [1.82, 2.24) is 0 Å². The zero-order valence-corrected chi connectivity index (χ0v) is 7.97. The van der Waals surface area contributed by atoms with E-state index >= 15 is 0 Å². The minimum absolute atomic E-state index is 0.499. The van der Waals surface area contributed by atoms with E-state index in [1.54, 1.807) is 0 Å². The van der Waals surface area contributed by atoms with Crippen LogP contribution in [0.4, 0.5) is 0 Å². The highest BCUT2D eigenvalue weighted by atomic mass is 16.5. The molecule has 0 saturated carbocycles. The zero-order valence-electron chi connectivity index (χ0n) is 7.97. The summed E-state index contributed by atoms with van der Waals surface area (Å²) in [5, 5.41) is 0. The van der Waals surface area contributed by atoms with Crippen molar-refractivity contribution < 1.29 is 4.74 Å². The molecule has 0 bridgehead atoms. The molecular weight excluding hydrogens is 136 g/mol. The molecule has 0 aromatic rings. The van der Waals surface area contributed by atoms with E-state index in [1.807, 2.05) is 0 Å². The molecule has 1 heterocycles. The summed E-state index contributed by atoms with van der Waals surface area (Å²) in [6.07, 6.45) is 4.39. The molecule has 0 amide bonds. The third-order valence-electron chi connectivity index (χ3n) is 2.91. The molecule has 1 nitrogen and oxygen atoms in total. The van der Waals surface area contributed by atoms with Gasteiger partial charge in [0, 0.05) is 6.61 Å². The molecule has 0 aliphatic carbocycles. The molecule has 1 rings (SSSR count). The highest BCUT2D eigenvalue weighted by Gasteiger charge is 2.27. The maximum Gasteiger partial charge on any atom is 0.0577 e. The lowest BCUT2D eigenvalue weighted by Crippen LogP contribution is -2.32. The Kier molecular flexibility index (Phi) is 3.38.